The number of ether oxygens (including phenoxy) is 1. The highest BCUT2D eigenvalue weighted by molar-refractivity contribution is 7.71. The Hall–Kier alpha value is -1.99. The Morgan fingerprint density at radius 2 is 2.21 bits per heavy atom. The van der Waals surface area contributed by atoms with E-state index >= 15 is 0 Å². The van der Waals surface area contributed by atoms with Crippen LogP contribution in [0.1, 0.15) is 0 Å². The minimum Gasteiger partial charge on any atom is -0.496 e. The van der Waals surface area contributed by atoms with Gasteiger partial charge in [-0.2, -0.15) is 0 Å². The van der Waals surface area contributed by atoms with Crippen LogP contribution in [0.4, 0.5) is 0 Å². The fourth-order valence-electron chi connectivity index (χ4n) is 1.66. The Kier molecular flexibility index (Phi) is 3.14. The average molecular weight is 291 g/mol. The van der Waals surface area contributed by atoms with Crippen LogP contribution >= 0.6 is 23.6 Å². The minimum absolute atomic E-state index is 0.238. The summed E-state index contributed by atoms with van der Waals surface area (Å²) in [6.45, 7) is 0. The van der Waals surface area contributed by atoms with E-state index in [0.29, 0.717) is 11.6 Å². The summed E-state index contributed by atoms with van der Waals surface area (Å²) in [7, 11) is 1.64. The van der Waals surface area contributed by atoms with Crippen molar-refractivity contribution in [2.45, 2.75) is 0 Å². The minimum atomic E-state index is 0.238. The van der Waals surface area contributed by atoms with Crippen molar-refractivity contribution >= 4 is 23.6 Å². The summed E-state index contributed by atoms with van der Waals surface area (Å²) in [5, 5.41) is 9.24. The molecular formula is C12H9N3O2S2. The lowest BCUT2D eigenvalue weighted by Crippen LogP contribution is -1.87. The van der Waals surface area contributed by atoms with Gasteiger partial charge in [0.2, 0.25) is 0 Å². The van der Waals surface area contributed by atoms with Gasteiger partial charge in [0.1, 0.15) is 16.5 Å². The van der Waals surface area contributed by atoms with Gasteiger partial charge in [-0.15, -0.1) is 16.4 Å². The summed E-state index contributed by atoms with van der Waals surface area (Å²) < 4.78 is 10.6. The number of nitrogens with one attached hydrogen (secondary N) is 1. The fraction of sp³-hybridized carbons (Fsp3) is 0.0833. The SMILES string of the molecule is COc1ccccc1-c1nc(-c2n[nH]c(=S)o2)cs1. The van der Waals surface area contributed by atoms with Crippen molar-refractivity contribution in [2.24, 2.45) is 0 Å². The smallest absolute Gasteiger partial charge is 0.284 e. The van der Waals surface area contributed by atoms with E-state index in [1.165, 1.54) is 11.3 Å². The van der Waals surface area contributed by atoms with Gasteiger partial charge in [-0.3, -0.25) is 0 Å². The monoisotopic (exact) mass is 291 g/mol. The summed E-state index contributed by atoms with van der Waals surface area (Å²) in [4.78, 5) is 4.73. The highest BCUT2D eigenvalue weighted by atomic mass is 32.1. The normalized spacial score (nSPS) is 10.6. The van der Waals surface area contributed by atoms with Crippen LogP contribution < -0.4 is 4.74 Å². The number of methoxy groups -OCH3 is 1. The van der Waals surface area contributed by atoms with E-state index in [2.05, 4.69) is 15.2 Å². The number of H-pyrrole nitrogens is 1. The maximum atomic E-state index is 5.32. The third-order valence-corrected chi connectivity index (χ3v) is 3.55. The summed E-state index contributed by atoms with van der Waals surface area (Å²) in [6, 6.07) is 7.72. The Labute approximate surface area is 117 Å². The zero-order valence-corrected chi connectivity index (χ0v) is 11.5. The largest absolute Gasteiger partial charge is 0.496 e. The van der Waals surface area contributed by atoms with E-state index in [1.807, 2.05) is 29.6 Å². The molecule has 19 heavy (non-hydrogen) atoms. The molecule has 0 atom stereocenters. The third-order valence-electron chi connectivity index (χ3n) is 2.50. The maximum absolute atomic E-state index is 5.32. The molecule has 0 unspecified atom stereocenters. The predicted molar refractivity (Wildman–Crippen MR) is 74.8 cm³/mol. The van der Waals surface area contributed by atoms with E-state index < -0.39 is 0 Å². The molecule has 0 amide bonds. The van der Waals surface area contributed by atoms with E-state index in [1.54, 1.807) is 7.11 Å². The number of rotatable bonds is 3. The number of aromatic amines is 1. The molecule has 0 saturated carbocycles. The van der Waals surface area contributed by atoms with Gasteiger partial charge in [0, 0.05) is 5.38 Å². The van der Waals surface area contributed by atoms with Crippen LogP contribution in [-0.2, 0) is 0 Å². The number of nitrogens with zero attached hydrogens (tertiary/aromatic N) is 2. The van der Waals surface area contributed by atoms with Gasteiger partial charge in [-0.1, -0.05) is 12.1 Å². The number of para-hydroxylation sites is 1. The molecule has 96 valence electrons. The van der Waals surface area contributed by atoms with E-state index in [4.69, 9.17) is 21.4 Å². The van der Waals surface area contributed by atoms with Crippen LogP contribution in [0.15, 0.2) is 34.1 Å². The zero-order valence-electron chi connectivity index (χ0n) is 9.91. The van der Waals surface area contributed by atoms with Crippen molar-refractivity contribution in [3.05, 3.63) is 34.5 Å². The molecule has 0 aliphatic rings. The first-order chi connectivity index (χ1) is 9.28. The quantitative estimate of drug-likeness (QED) is 0.748. The summed E-state index contributed by atoms with van der Waals surface area (Å²) >= 11 is 6.34. The molecule has 0 aliphatic heterocycles. The average Bonchev–Trinajstić information content (AvgIpc) is 3.07. The summed E-state index contributed by atoms with van der Waals surface area (Å²) in [5.41, 5.74) is 1.59. The Morgan fingerprint density at radius 1 is 1.37 bits per heavy atom. The second-order valence-corrected chi connectivity index (χ2v) is 4.89. The van der Waals surface area contributed by atoms with E-state index in [-0.39, 0.29) is 4.84 Å². The summed E-state index contributed by atoms with van der Waals surface area (Å²) in [6.07, 6.45) is 0. The molecule has 3 rings (SSSR count). The van der Waals surface area contributed by atoms with Crippen molar-refractivity contribution in [3.8, 4) is 27.9 Å². The molecule has 2 aromatic heterocycles. The topological polar surface area (TPSA) is 63.9 Å². The lowest BCUT2D eigenvalue weighted by molar-refractivity contribution is 0.416. The van der Waals surface area contributed by atoms with Crippen molar-refractivity contribution in [3.63, 3.8) is 0 Å². The molecule has 0 radical (unpaired) electrons. The molecule has 0 aliphatic carbocycles. The lowest BCUT2D eigenvalue weighted by atomic mass is 10.2. The number of hydrogen-bond acceptors (Lipinski definition) is 6. The first-order valence-corrected chi connectivity index (χ1v) is 6.71. The van der Waals surface area contributed by atoms with E-state index in [0.717, 1.165) is 16.3 Å². The molecule has 0 spiro atoms. The molecule has 1 N–H and O–H groups in total. The standard InChI is InChI=1S/C12H9N3O2S2/c1-16-9-5-3-2-4-7(9)11-13-8(6-19-11)10-14-15-12(18)17-10/h2-6H,1H3,(H,15,18). The Balaban J connectivity index is 2.04. The Morgan fingerprint density at radius 3 is 2.95 bits per heavy atom. The summed E-state index contributed by atoms with van der Waals surface area (Å²) in [5.74, 6) is 1.17. The van der Waals surface area contributed by atoms with Crippen LogP contribution in [0.3, 0.4) is 0 Å². The van der Waals surface area contributed by atoms with Gasteiger partial charge in [0.05, 0.1) is 12.7 Å². The maximum Gasteiger partial charge on any atom is 0.284 e. The van der Waals surface area contributed by atoms with Gasteiger partial charge in [0.15, 0.2) is 0 Å². The third kappa shape index (κ3) is 2.29. The first-order valence-electron chi connectivity index (χ1n) is 5.43. The molecule has 5 nitrogen and oxygen atoms in total. The molecule has 0 bridgehead atoms. The highest BCUT2D eigenvalue weighted by Gasteiger charge is 2.13. The lowest BCUT2D eigenvalue weighted by Gasteiger charge is -2.04. The van der Waals surface area contributed by atoms with Crippen LogP contribution in [0, 0.1) is 4.84 Å². The van der Waals surface area contributed by atoms with Crippen LogP contribution in [-0.4, -0.2) is 22.3 Å². The van der Waals surface area contributed by atoms with Crippen LogP contribution in [0.2, 0.25) is 0 Å². The van der Waals surface area contributed by atoms with Gasteiger partial charge in [-0.05, 0) is 24.4 Å². The second kappa shape index (κ2) is 4.94. The van der Waals surface area contributed by atoms with Crippen molar-refractivity contribution < 1.29 is 9.15 Å². The molecule has 0 saturated heterocycles. The predicted octanol–water partition coefficient (Wildman–Crippen LogP) is 3.53. The van der Waals surface area contributed by atoms with Crippen molar-refractivity contribution in [1.29, 1.82) is 0 Å². The van der Waals surface area contributed by atoms with Crippen LogP contribution in [0.5, 0.6) is 5.75 Å². The molecular weight excluding hydrogens is 282 g/mol. The molecule has 0 fully saturated rings. The van der Waals surface area contributed by atoms with Gasteiger partial charge in [0.25, 0.3) is 10.7 Å². The molecule has 3 aromatic rings. The first kappa shape index (κ1) is 12.1. The number of benzene rings is 1. The van der Waals surface area contributed by atoms with Crippen LogP contribution in [0.25, 0.3) is 22.2 Å². The fourth-order valence-corrected chi connectivity index (χ4v) is 2.60. The number of hydrogen-bond donors (Lipinski definition) is 1. The van der Waals surface area contributed by atoms with Gasteiger partial charge in [-0.25, -0.2) is 10.1 Å². The second-order valence-electron chi connectivity index (χ2n) is 3.66. The molecule has 1 aromatic carbocycles. The van der Waals surface area contributed by atoms with E-state index in [9.17, 15) is 0 Å². The number of aromatic nitrogens is 3. The van der Waals surface area contributed by atoms with Crippen molar-refractivity contribution in [2.75, 3.05) is 7.11 Å². The Bertz CT molecular complexity index is 760. The number of thiazole rings is 1. The van der Waals surface area contributed by atoms with Gasteiger partial charge < -0.3 is 9.15 Å². The molecule has 7 heteroatoms. The van der Waals surface area contributed by atoms with Gasteiger partial charge >= 0.3 is 0 Å². The highest BCUT2D eigenvalue weighted by Crippen LogP contribution is 2.33. The zero-order chi connectivity index (χ0) is 13.2. The van der Waals surface area contributed by atoms with Crippen molar-refractivity contribution in [1.82, 2.24) is 15.2 Å². The molecule has 2 heterocycles.